The van der Waals surface area contributed by atoms with Crippen molar-refractivity contribution in [3.8, 4) is 0 Å². The average Bonchev–Trinajstić information content (AvgIpc) is 2.46. The molecule has 0 saturated carbocycles. The topological polar surface area (TPSA) is 56.0 Å². The lowest BCUT2D eigenvalue weighted by molar-refractivity contribution is -0.121. The Hall–Kier alpha value is -0.900. The summed E-state index contributed by atoms with van der Waals surface area (Å²) in [6.45, 7) is 3.93. The van der Waals surface area contributed by atoms with Gasteiger partial charge in [-0.05, 0) is 19.8 Å². The molecule has 0 aliphatic carbocycles. The van der Waals surface area contributed by atoms with Gasteiger partial charge < -0.3 is 5.73 Å². The Morgan fingerprint density at radius 1 is 1.77 bits per heavy atom. The van der Waals surface area contributed by atoms with Crippen LogP contribution in [-0.2, 0) is 11.2 Å². The van der Waals surface area contributed by atoms with Crippen LogP contribution < -0.4 is 5.73 Å². The summed E-state index contributed by atoms with van der Waals surface area (Å²) in [4.78, 5) is 16.2. The van der Waals surface area contributed by atoms with Crippen molar-refractivity contribution < 1.29 is 4.79 Å². The molecule has 0 aliphatic rings. The van der Waals surface area contributed by atoms with Crippen LogP contribution in [-0.4, -0.2) is 10.9 Å². The maximum atomic E-state index is 10.9. The minimum Gasteiger partial charge on any atom is -0.369 e. The molecule has 72 valence electrons. The number of thiazole rings is 1. The van der Waals surface area contributed by atoms with E-state index in [1.54, 1.807) is 11.3 Å². The maximum Gasteiger partial charge on any atom is 0.220 e. The van der Waals surface area contributed by atoms with Crippen molar-refractivity contribution in [2.75, 3.05) is 0 Å². The van der Waals surface area contributed by atoms with Crippen molar-refractivity contribution >= 4 is 17.2 Å². The van der Waals surface area contributed by atoms with Gasteiger partial charge in [0.2, 0.25) is 5.91 Å². The van der Waals surface area contributed by atoms with Crippen LogP contribution in [0.5, 0.6) is 0 Å². The minimum absolute atomic E-state index is 0.0418. The smallest absolute Gasteiger partial charge is 0.220 e. The molecule has 1 atom stereocenters. The van der Waals surface area contributed by atoms with Crippen molar-refractivity contribution in [3.05, 3.63) is 16.1 Å². The van der Waals surface area contributed by atoms with E-state index in [0.29, 0.717) is 0 Å². The Labute approximate surface area is 82.0 Å². The van der Waals surface area contributed by atoms with Crippen LogP contribution in [0.1, 0.15) is 23.2 Å². The first-order valence-corrected chi connectivity index (χ1v) is 5.15. The molecule has 1 aromatic rings. The first-order chi connectivity index (χ1) is 6.13. The van der Waals surface area contributed by atoms with Crippen LogP contribution in [0.25, 0.3) is 0 Å². The van der Waals surface area contributed by atoms with Gasteiger partial charge in [-0.3, -0.25) is 4.79 Å². The fourth-order valence-electron chi connectivity index (χ4n) is 1.19. The van der Waals surface area contributed by atoms with Crippen molar-refractivity contribution in [1.82, 2.24) is 4.98 Å². The monoisotopic (exact) mass is 198 g/mol. The molecule has 2 N–H and O–H groups in total. The first kappa shape index (κ1) is 10.2. The van der Waals surface area contributed by atoms with Crippen LogP contribution in [0.3, 0.4) is 0 Å². The molecule has 4 heteroatoms. The van der Waals surface area contributed by atoms with E-state index in [4.69, 9.17) is 5.73 Å². The van der Waals surface area contributed by atoms with Crippen LogP contribution >= 0.6 is 11.3 Å². The molecule has 1 heterocycles. The molecule has 0 aliphatic heterocycles. The SMILES string of the molecule is CCC(Cc1cnc(C)s1)C(N)=O. The van der Waals surface area contributed by atoms with Crippen molar-refractivity contribution in [2.24, 2.45) is 11.7 Å². The van der Waals surface area contributed by atoms with Gasteiger partial charge in [0, 0.05) is 17.0 Å². The van der Waals surface area contributed by atoms with Crippen molar-refractivity contribution in [2.45, 2.75) is 26.7 Å². The van der Waals surface area contributed by atoms with E-state index in [0.717, 1.165) is 22.7 Å². The van der Waals surface area contributed by atoms with Gasteiger partial charge in [-0.2, -0.15) is 0 Å². The van der Waals surface area contributed by atoms with Gasteiger partial charge in [-0.1, -0.05) is 6.92 Å². The van der Waals surface area contributed by atoms with Crippen molar-refractivity contribution in [3.63, 3.8) is 0 Å². The summed E-state index contributed by atoms with van der Waals surface area (Å²) in [5.41, 5.74) is 5.25. The third-order valence-corrected chi connectivity index (χ3v) is 2.95. The summed E-state index contributed by atoms with van der Waals surface area (Å²) in [5, 5.41) is 1.04. The summed E-state index contributed by atoms with van der Waals surface area (Å²) in [5.74, 6) is -0.256. The predicted octanol–water partition coefficient (Wildman–Crippen LogP) is 1.51. The molecule has 0 bridgehead atoms. The van der Waals surface area contributed by atoms with E-state index >= 15 is 0 Å². The van der Waals surface area contributed by atoms with Crippen LogP contribution in [0.2, 0.25) is 0 Å². The Bertz CT molecular complexity index is 296. The number of nitrogens with two attached hydrogens (primary N) is 1. The first-order valence-electron chi connectivity index (χ1n) is 4.34. The molecular weight excluding hydrogens is 184 g/mol. The summed E-state index contributed by atoms with van der Waals surface area (Å²) in [6.07, 6.45) is 3.36. The number of aromatic nitrogens is 1. The van der Waals surface area contributed by atoms with Crippen LogP contribution in [0.15, 0.2) is 6.20 Å². The molecule has 0 saturated heterocycles. The zero-order chi connectivity index (χ0) is 9.84. The number of amides is 1. The summed E-state index contributed by atoms with van der Waals surface area (Å²) in [7, 11) is 0. The Morgan fingerprint density at radius 2 is 2.46 bits per heavy atom. The van der Waals surface area contributed by atoms with Gasteiger partial charge in [0.25, 0.3) is 0 Å². The van der Waals surface area contributed by atoms with Gasteiger partial charge in [0.15, 0.2) is 0 Å². The van der Waals surface area contributed by atoms with Gasteiger partial charge in [-0.25, -0.2) is 4.98 Å². The number of hydrogen-bond acceptors (Lipinski definition) is 3. The van der Waals surface area contributed by atoms with Crippen LogP contribution in [0.4, 0.5) is 0 Å². The summed E-state index contributed by atoms with van der Waals surface area (Å²) >= 11 is 1.63. The lowest BCUT2D eigenvalue weighted by atomic mass is 10.0. The molecule has 3 nitrogen and oxygen atoms in total. The molecule has 13 heavy (non-hydrogen) atoms. The lowest BCUT2D eigenvalue weighted by Crippen LogP contribution is -2.24. The summed E-state index contributed by atoms with van der Waals surface area (Å²) < 4.78 is 0. The molecule has 0 radical (unpaired) electrons. The zero-order valence-electron chi connectivity index (χ0n) is 7.91. The highest BCUT2D eigenvalue weighted by Gasteiger charge is 2.14. The molecule has 1 aromatic heterocycles. The Morgan fingerprint density at radius 3 is 2.85 bits per heavy atom. The number of carbonyl (C=O) groups excluding carboxylic acids is 1. The largest absolute Gasteiger partial charge is 0.369 e. The van der Waals surface area contributed by atoms with Crippen LogP contribution in [0, 0.1) is 12.8 Å². The molecule has 1 amide bonds. The van der Waals surface area contributed by atoms with E-state index in [-0.39, 0.29) is 11.8 Å². The number of nitrogens with zero attached hydrogens (tertiary/aromatic N) is 1. The standard InChI is InChI=1S/C9H14N2OS/c1-3-7(9(10)12)4-8-5-11-6(2)13-8/h5,7H,3-4H2,1-2H3,(H2,10,12). The second-order valence-corrected chi connectivity index (χ2v) is 4.38. The Balaban J connectivity index is 2.61. The fourth-order valence-corrected chi connectivity index (χ4v) is 2.06. The molecule has 0 fully saturated rings. The van der Waals surface area contributed by atoms with Crippen molar-refractivity contribution in [1.29, 1.82) is 0 Å². The highest BCUT2D eigenvalue weighted by atomic mass is 32.1. The minimum atomic E-state index is -0.214. The highest BCUT2D eigenvalue weighted by Crippen LogP contribution is 2.17. The number of aryl methyl sites for hydroxylation is 1. The van der Waals surface area contributed by atoms with Gasteiger partial charge >= 0.3 is 0 Å². The molecule has 1 unspecified atom stereocenters. The van der Waals surface area contributed by atoms with Gasteiger partial charge in [0.1, 0.15) is 0 Å². The maximum absolute atomic E-state index is 10.9. The average molecular weight is 198 g/mol. The molecule has 0 aromatic carbocycles. The zero-order valence-corrected chi connectivity index (χ0v) is 8.73. The van der Waals surface area contributed by atoms with E-state index < -0.39 is 0 Å². The van der Waals surface area contributed by atoms with Gasteiger partial charge in [0.05, 0.1) is 5.01 Å². The predicted molar refractivity (Wildman–Crippen MR) is 53.5 cm³/mol. The lowest BCUT2D eigenvalue weighted by Gasteiger charge is -2.07. The van der Waals surface area contributed by atoms with Gasteiger partial charge in [-0.15, -0.1) is 11.3 Å². The number of carbonyl (C=O) groups is 1. The fraction of sp³-hybridized carbons (Fsp3) is 0.556. The number of rotatable bonds is 4. The summed E-state index contributed by atoms with van der Waals surface area (Å²) in [6, 6.07) is 0. The quantitative estimate of drug-likeness (QED) is 0.797. The molecule has 0 spiro atoms. The molecular formula is C9H14N2OS. The normalized spacial score (nSPS) is 12.8. The van der Waals surface area contributed by atoms with E-state index in [9.17, 15) is 4.79 Å². The highest BCUT2D eigenvalue weighted by molar-refractivity contribution is 7.11. The van der Waals surface area contributed by atoms with E-state index in [1.807, 2.05) is 20.0 Å². The number of hydrogen-bond donors (Lipinski definition) is 1. The third kappa shape index (κ3) is 2.81. The number of primary amides is 1. The van der Waals surface area contributed by atoms with E-state index in [2.05, 4.69) is 4.98 Å². The Kier molecular flexibility index (Phi) is 3.42. The second-order valence-electron chi connectivity index (χ2n) is 3.06. The molecule has 1 rings (SSSR count). The second kappa shape index (κ2) is 4.37. The third-order valence-electron chi connectivity index (χ3n) is 2.01. The van der Waals surface area contributed by atoms with E-state index in [1.165, 1.54) is 0 Å².